The standard InChI is InChI=1S/C20H25N5O2/c1-13-9-14(2)19(15(3)10-13)23-20(27)17-11-18(22-12-21-17)25-7-5-24(6-8-25)16(4)26/h9-12H,5-8H2,1-4H3,(H,23,27). The SMILES string of the molecule is CC(=O)N1CCN(c2cc(C(=O)Nc3c(C)cc(C)cc3C)ncn2)CC1. The molecular weight excluding hydrogens is 342 g/mol. The number of nitrogens with one attached hydrogen (secondary N) is 1. The molecule has 3 rings (SSSR count). The van der Waals surface area contributed by atoms with Gasteiger partial charge in [0.15, 0.2) is 0 Å². The number of hydrogen-bond acceptors (Lipinski definition) is 5. The van der Waals surface area contributed by atoms with E-state index in [1.807, 2.05) is 37.8 Å². The number of hydrogen-bond donors (Lipinski definition) is 1. The zero-order valence-electron chi connectivity index (χ0n) is 16.2. The lowest BCUT2D eigenvalue weighted by Gasteiger charge is -2.34. The summed E-state index contributed by atoms with van der Waals surface area (Å²) in [5.41, 5.74) is 4.36. The van der Waals surface area contributed by atoms with Crippen LogP contribution in [0.4, 0.5) is 11.5 Å². The highest BCUT2D eigenvalue weighted by atomic mass is 16.2. The van der Waals surface area contributed by atoms with Gasteiger partial charge >= 0.3 is 0 Å². The summed E-state index contributed by atoms with van der Waals surface area (Å²) in [7, 11) is 0. The molecule has 1 fully saturated rings. The molecule has 27 heavy (non-hydrogen) atoms. The minimum atomic E-state index is -0.254. The van der Waals surface area contributed by atoms with Crippen LogP contribution in [0.1, 0.15) is 34.1 Å². The summed E-state index contributed by atoms with van der Waals surface area (Å²) in [5.74, 6) is 0.535. The van der Waals surface area contributed by atoms with Gasteiger partial charge in [-0.2, -0.15) is 0 Å². The molecule has 2 aromatic rings. The Kier molecular flexibility index (Phi) is 5.39. The van der Waals surface area contributed by atoms with Crippen molar-refractivity contribution in [2.24, 2.45) is 0 Å². The van der Waals surface area contributed by atoms with E-state index in [2.05, 4.69) is 20.2 Å². The van der Waals surface area contributed by atoms with Crippen molar-refractivity contribution in [3.05, 3.63) is 46.9 Å². The molecular formula is C20H25N5O2. The highest BCUT2D eigenvalue weighted by molar-refractivity contribution is 6.04. The van der Waals surface area contributed by atoms with Crippen LogP contribution in [0.5, 0.6) is 0 Å². The Morgan fingerprint density at radius 1 is 0.963 bits per heavy atom. The maximum absolute atomic E-state index is 12.7. The lowest BCUT2D eigenvalue weighted by molar-refractivity contribution is -0.129. The Bertz CT molecular complexity index is 849. The summed E-state index contributed by atoms with van der Waals surface area (Å²) >= 11 is 0. The number of carbonyl (C=O) groups excluding carboxylic acids is 2. The number of rotatable bonds is 3. The number of anilines is 2. The Balaban J connectivity index is 1.74. The zero-order chi connectivity index (χ0) is 19.6. The van der Waals surface area contributed by atoms with Gasteiger partial charge in [0.25, 0.3) is 5.91 Å². The molecule has 0 bridgehead atoms. The van der Waals surface area contributed by atoms with E-state index in [1.165, 1.54) is 6.33 Å². The first-order valence-corrected chi connectivity index (χ1v) is 9.07. The molecule has 7 nitrogen and oxygen atoms in total. The van der Waals surface area contributed by atoms with E-state index in [1.54, 1.807) is 13.0 Å². The number of piperazine rings is 1. The number of amides is 2. The van der Waals surface area contributed by atoms with Crippen LogP contribution in [-0.4, -0.2) is 52.9 Å². The third kappa shape index (κ3) is 4.24. The second-order valence-electron chi connectivity index (χ2n) is 6.98. The van der Waals surface area contributed by atoms with Gasteiger partial charge in [-0.3, -0.25) is 9.59 Å². The first-order valence-electron chi connectivity index (χ1n) is 9.07. The maximum atomic E-state index is 12.7. The zero-order valence-corrected chi connectivity index (χ0v) is 16.2. The summed E-state index contributed by atoms with van der Waals surface area (Å²) in [5, 5.41) is 2.97. The van der Waals surface area contributed by atoms with Gasteiger partial charge in [-0.1, -0.05) is 17.7 Å². The van der Waals surface area contributed by atoms with E-state index < -0.39 is 0 Å². The van der Waals surface area contributed by atoms with Crippen molar-refractivity contribution in [2.75, 3.05) is 36.4 Å². The van der Waals surface area contributed by atoms with Gasteiger partial charge in [-0.05, 0) is 31.9 Å². The second-order valence-corrected chi connectivity index (χ2v) is 6.98. The van der Waals surface area contributed by atoms with Crippen molar-refractivity contribution < 1.29 is 9.59 Å². The van der Waals surface area contributed by atoms with Gasteiger partial charge in [0.1, 0.15) is 17.8 Å². The molecule has 0 saturated carbocycles. The van der Waals surface area contributed by atoms with Crippen LogP contribution in [-0.2, 0) is 4.79 Å². The lowest BCUT2D eigenvalue weighted by Crippen LogP contribution is -2.48. The summed E-state index contributed by atoms with van der Waals surface area (Å²) in [4.78, 5) is 36.5. The Morgan fingerprint density at radius 3 is 2.19 bits per heavy atom. The largest absolute Gasteiger partial charge is 0.353 e. The molecule has 1 aromatic heterocycles. The molecule has 2 heterocycles. The highest BCUT2D eigenvalue weighted by Gasteiger charge is 2.21. The molecule has 7 heteroatoms. The first-order chi connectivity index (χ1) is 12.8. The van der Waals surface area contributed by atoms with E-state index in [-0.39, 0.29) is 11.8 Å². The van der Waals surface area contributed by atoms with Crippen molar-refractivity contribution in [1.82, 2.24) is 14.9 Å². The van der Waals surface area contributed by atoms with Gasteiger partial charge in [-0.25, -0.2) is 9.97 Å². The highest BCUT2D eigenvalue weighted by Crippen LogP contribution is 2.23. The molecule has 2 amide bonds. The predicted molar refractivity (Wildman–Crippen MR) is 105 cm³/mol. The molecule has 1 aromatic carbocycles. The van der Waals surface area contributed by atoms with Gasteiger partial charge in [0.2, 0.25) is 5.91 Å². The number of aryl methyl sites for hydroxylation is 3. The number of aromatic nitrogens is 2. The monoisotopic (exact) mass is 367 g/mol. The predicted octanol–water partition coefficient (Wildman–Crippen LogP) is 2.32. The van der Waals surface area contributed by atoms with Crippen LogP contribution >= 0.6 is 0 Å². The molecule has 1 aliphatic heterocycles. The molecule has 1 N–H and O–H groups in total. The molecule has 0 unspecified atom stereocenters. The molecule has 0 radical (unpaired) electrons. The van der Waals surface area contributed by atoms with Crippen LogP contribution < -0.4 is 10.2 Å². The molecule has 142 valence electrons. The van der Waals surface area contributed by atoms with Crippen molar-refractivity contribution in [2.45, 2.75) is 27.7 Å². The maximum Gasteiger partial charge on any atom is 0.274 e. The third-order valence-electron chi connectivity index (χ3n) is 4.85. The minimum Gasteiger partial charge on any atom is -0.353 e. The third-order valence-corrected chi connectivity index (χ3v) is 4.85. The van der Waals surface area contributed by atoms with E-state index in [9.17, 15) is 9.59 Å². The summed E-state index contributed by atoms with van der Waals surface area (Å²) in [6.45, 7) is 10.3. The minimum absolute atomic E-state index is 0.0845. The number of benzene rings is 1. The van der Waals surface area contributed by atoms with Gasteiger partial charge in [0, 0.05) is 44.9 Å². The molecule has 0 spiro atoms. The van der Waals surface area contributed by atoms with E-state index in [0.717, 1.165) is 22.4 Å². The van der Waals surface area contributed by atoms with Crippen LogP contribution in [0.25, 0.3) is 0 Å². The van der Waals surface area contributed by atoms with Gasteiger partial charge in [-0.15, -0.1) is 0 Å². The summed E-state index contributed by atoms with van der Waals surface area (Å²) in [6.07, 6.45) is 1.41. The van der Waals surface area contributed by atoms with Crippen LogP contribution in [0, 0.1) is 20.8 Å². The van der Waals surface area contributed by atoms with Crippen molar-refractivity contribution in [3.8, 4) is 0 Å². The molecule has 1 aliphatic rings. The van der Waals surface area contributed by atoms with Crippen molar-refractivity contribution in [3.63, 3.8) is 0 Å². The molecule has 0 atom stereocenters. The Labute approximate surface area is 159 Å². The van der Waals surface area contributed by atoms with Crippen LogP contribution in [0.2, 0.25) is 0 Å². The summed E-state index contributed by atoms with van der Waals surface area (Å²) < 4.78 is 0. The van der Waals surface area contributed by atoms with Crippen LogP contribution in [0.15, 0.2) is 24.5 Å². The Morgan fingerprint density at radius 2 is 1.59 bits per heavy atom. The number of nitrogens with zero attached hydrogens (tertiary/aromatic N) is 4. The normalized spacial score (nSPS) is 14.2. The van der Waals surface area contributed by atoms with Crippen LogP contribution in [0.3, 0.4) is 0 Å². The van der Waals surface area contributed by atoms with E-state index in [4.69, 9.17) is 0 Å². The summed E-state index contributed by atoms with van der Waals surface area (Å²) in [6, 6.07) is 5.79. The fourth-order valence-corrected chi connectivity index (χ4v) is 3.45. The fraction of sp³-hybridized carbons (Fsp3) is 0.400. The molecule has 0 aliphatic carbocycles. The first kappa shape index (κ1) is 18.8. The smallest absolute Gasteiger partial charge is 0.274 e. The number of carbonyl (C=O) groups is 2. The van der Waals surface area contributed by atoms with E-state index in [0.29, 0.717) is 37.7 Å². The average Bonchev–Trinajstić information content (AvgIpc) is 2.64. The Hall–Kier alpha value is -2.96. The topological polar surface area (TPSA) is 78.4 Å². The average molecular weight is 367 g/mol. The quantitative estimate of drug-likeness (QED) is 0.901. The van der Waals surface area contributed by atoms with E-state index >= 15 is 0 Å². The van der Waals surface area contributed by atoms with Gasteiger partial charge < -0.3 is 15.1 Å². The van der Waals surface area contributed by atoms with Gasteiger partial charge in [0.05, 0.1) is 0 Å². The lowest BCUT2D eigenvalue weighted by atomic mass is 10.0. The molecule has 1 saturated heterocycles. The second kappa shape index (κ2) is 7.73. The van der Waals surface area contributed by atoms with Crippen molar-refractivity contribution >= 4 is 23.3 Å². The van der Waals surface area contributed by atoms with Crippen molar-refractivity contribution in [1.29, 1.82) is 0 Å². The fourth-order valence-electron chi connectivity index (χ4n) is 3.45.